The first kappa shape index (κ1) is 14.2. The van der Waals surface area contributed by atoms with E-state index >= 15 is 0 Å². The molecule has 0 aliphatic heterocycles. The van der Waals surface area contributed by atoms with Gasteiger partial charge in [-0.1, -0.05) is 23.7 Å². The van der Waals surface area contributed by atoms with E-state index in [-0.39, 0.29) is 11.7 Å². The second-order valence-corrected chi connectivity index (χ2v) is 5.04. The van der Waals surface area contributed by atoms with Crippen molar-refractivity contribution in [1.29, 1.82) is 0 Å². The molecule has 0 radical (unpaired) electrons. The van der Waals surface area contributed by atoms with Crippen LogP contribution >= 0.6 is 11.6 Å². The van der Waals surface area contributed by atoms with Crippen LogP contribution < -0.4 is 11.1 Å². The lowest BCUT2D eigenvalue weighted by atomic mass is 10.1. The molecular formula is C16H13ClN4O. The first-order valence-electron chi connectivity index (χ1n) is 6.57. The summed E-state index contributed by atoms with van der Waals surface area (Å²) in [5, 5.41) is 13.9. The number of phenols is 1. The highest BCUT2D eigenvalue weighted by molar-refractivity contribution is 6.33. The molecule has 3 rings (SSSR count). The highest BCUT2D eigenvalue weighted by atomic mass is 35.5. The monoisotopic (exact) mass is 312 g/mol. The number of rotatable bonds is 3. The van der Waals surface area contributed by atoms with Gasteiger partial charge in [-0.3, -0.25) is 0 Å². The Morgan fingerprint density at radius 3 is 2.68 bits per heavy atom. The largest absolute Gasteiger partial charge is 0.507 e. The van der Waals surface area contributed by atoms with Crippen molar-refractivity contribution in [1.82, 2.24) is 9.97 Å². The van der Waals surface area contributed by atoms with Gasteiger partial charge in [-0.25, -0.2) is 9.97 Å². The van der Waals surface area contributed by atoms with Crippen molar-refractivity contribution < 1.29 is 5.11 Å². The number of nitrogen functional groups attached to an aromatic ring is 1. The number of phenolic OH excluding ortho intramolecular Hbond substituents is 1. The van der Waals surface area contributed by atoms with Crippen LogP contribution in [0.15, 0.2) is 54.7 Å². The molecule has 4 N–H and O–H groups in total. The summed E-state index contributed by atoms with van der Waals surface area (Å²) in [5.74, 6) is 0.268. The van der Waals surface area contributed by atoms with Crippen LogP contribution in [0.2, 0.25) is 5.02 Å². The van der Waals surface area contributed by atoms with Crippen LogP contribution in [0.1, 0.15) is 0 Å². The highest BCUT2D eigenvalue weighted by Gasteiger charge is 2.09. The zero-order valence-electron chi connectivity index (χ0n) is 11.5. The van der Waals surface area contributed by atoms with E-state index in [0.29, 0.717) is 16.3 Å². The molecule has 5 nitrogen and oxygen atoms in total. The Morgan fingerprint density at radius 2 is 1.91 bits per heavy atom. The molecule has 0 atom stereocenters. The minimum Gasteiger partial charge on any atom is -0.507 e. The molecule has 0 aliphatic carbocycles. The van der Waals surface area contributed by atoms with Gasteiger partial charge in [0.1, 0.15) is 5.75 Å². The molecule has 0 fully saturated rings. The number of aromatic nitrogens is 2. The van der Waals surface area contributed by atoms with Crippen LogP contribution in [0.3, 0.4) is 0 Å². The molecule has 3 aromatic rings. The van der Waals surface area contributed by atoms with Gasteiger partial charge in [0.2, 0.25) is 5.95 Å². The summed E-state index contributed by atoms with van der Waals surface area (Å²) in [5.41, 5.74) is 8.26. The van der Waals surface area contributed by atoms with Gasteiger partial charge in [-0.05, 0) is 36.4 Å². The Kier molecular flexibility index (Phi) is 3.80. The van der Waals surface area contributed by atoms with Gasteiger partial charge in [0.05, 0.1) is 16.4 Å². The quantitative estimate of drug-likeness (QED) is 0.640. The fraction of sp³-hybridized carbons (Fsp3) is 0. The standard InChI is InChI=1S/C16H13ClN4O/c17-12-3-1-2-4-14(12)20-10-5-6-15(22)11(9-10)13-7-8-19-16(18)21-13/h1-9,20,22H,(H2,18,19,21). The van der Waals surface area contributed by atoms with Crippen LogP contribution in [-0.2, 0) is 0 Å². The Morgan fingerprint density at radius 1 is 1.09 bits per heavy atom. The third-order valence-electron chi connectivity index (χ3n) is 3.10. The molecule has 0 amide bonds. The first-order valence-corrected chi connectivity index (χ1v) is 6.95. The Hall–Kier alpha value is -2.79. The fourth-order valence-electron chi connectivity index (χ4n) is 2.06. The Labute approximate surface area is 132 Å². The third kappa shape index (κ3) is 2.94. The highest BCUT2D eigenvalue weighted by Crippen LogP contribution is 2.33. The van der Waals surface area contributed by atoms with E-state index in [0.717, 1.165) is 11.4 Å². The summed E-state index contributed by atoms with van der Waals surface area (Å²) < 4.78 is 0. The average molecular weight is 313 g/mol. The number of aromatic hydroxyl groups is 1. The number of hydrogen-bond acceptors (Lipinski definition) is 5. The van der Waals surface area contributed by atoms with E-state index in [9.17, 15) is 5.11 Å². The van der Waals surface area contributed by atoms with Crippen molar-refractivity contribution >= 4 is 28.9 Å². The minimum absolute atomic E-state index is 0.114. The first-order chi connectivity index (χ1) is 10.6. The molecule has 0 spiro atoms. The van der Waals surface area contributed by atoms with E-state index in [1.54, 1.807) is 36.5 Å². The number of nitrogens with two attached hydrogens (primary N) is 1. The molecule has 1 aromatic heterocycles. The van der Waals surface area contributed by atoms with Crippen LogP contribution in [0.5, 0.6) is 5.75 Å². The Balaban J connectivity index is 1.98. The van der Waals surface area contributed by atoms with E-state index in [1.807, 2.05) is 18.2 Å². The molecule has 1 heterocycles. The maximum atomic E-state index is 10.0. The normalized spacial score (nSPS) is 10.4. The van der Waals surface area contributed by atoms with Crippen molar-refractivity contribution in [3.05, 3.63) is 59.8 Å². The predicted molar refractivity (Wildman–Crippen MR) is 88.3 cm³/mol. The Bertz CT molecular complexity index is 823. The van der Waals surface area contributed by atoms with Gasteiger partial charge < -0.3 is 16.2 Å². The lowest BCUT2D eigenvalue weighted by molar-refractivity contribution is 0.477. The van der Waals surface area contributed by atoms with E-state index in [2.05, 4.69) is 15.3 Å². The smallest absolute Gasteiger partial charge is 0.220 e. The number of benzene rings is 2. The lowest BCUT2D eigenvalue weighted by Crippen LogP contribution is -1.96. The SMILES string of the molecule is Nc1nccc(-c2cc(Nc3ccccc3Cl)ccc2O)n1. The zero-order valence-corrected chi connectivity index (χ0v) is 12.2. The van der Waals surface area contributed by atoms with Gasteiger partial charge in [-0.2, -0.15) is 0 Å². The summed E-state index contributed by atoms with van der Waals surface area (Å²) in [6.07, 6.45) is 1.55. The molecule has 0 bridgehead atoms. The van der Waals surface area contributed by atoms with Gasteiger partial charge in [0, 0.05) is 17.4 Å². The van der Waals surface area contributed by atoms with Crippen LogP contribution in [0.25, 0.3) is 11.3 Å². The zero-order chi connectivity index (χ0) is 15.5. The number of nitrogens with zero attached hydrogens (tertiary/aromatic N) is 2. The number of hydrogen-bond donors (Lipinski definition) is 3. The second-order valence-electron chi connectivity index (χ2n) is 4.64. The molecule has 0 saturated heterocycles. The molecule has 0 unspecified atom stereocenters. The van der Waals surface area contributed by atoms with Crippen LogP contribution in [-0.4, -0.2) is 15.1 Å². The van der Waals surface area contributed by atoms with Crippen molar-refractivity contribution in [3.63, 3.8) is 0 Å². The van der Waals surface area contributed by atoms with Gasteiger partial charge in [-0.15, -0.1) is 0 Å². The number of anilines is 3. The number of halogens is 1. The fourth-order valence-corrected chi connectivity index (χ4v) is 2.24. The molecule has 0 aliphatic rings. The summed E-state index contributed by atoms with van der Waals surface area (Å²) in [6, 6.07) is 14.2. The molecule has 6 heteroatoms. The van der Waals surface area contributed by atoms with Crippen LogP contribution in [0, 0.1) is 0 Å². The van der Waals surface area contributed by atoms with Gasteiger partial charge in [0.25, 0.3) is 0 Å². The topological polar surface area (TPSA) is 84.1 Å². The summed E-state index contributed by atoms with van der Waals surface area (Å²) in [4.78, 5) is 7.97. The van der Waals surface area contributed by atoms with Crippen molar-refractivity contribution in [2.75, 3.05) is 11.1 Å². The lowest BCUT2D eigenvalue weighted by Gasteiger charge is -2.11. The van der Waals surface area contributed by atoms with E-state index < -0.39 is 0 Å². The van der Waals surface area contributed by atoms with Crippen molar-refractivity contribution in [2.45, 2.75) is 0 Å². The number of para-hydroxylation sites is 1. The molecule has 22 heavy (non-hydrogen) atoms. The molecule has 110 valence electrons. The van der Waals surface area contributed by atoms with Gasteiger partial charge in [0.15, 0.2) is 0 Å². The van der Waals surface area contributed by atoms with Crippen molar-refractivity contribution in [2.24, 2.45) is 0 Å². The molecular weight excluding hydrogens is 300 g/mol. The molecule has 0 saturated carbocycles. The maximum Gasteiger partial charge on any atom is 0.220 e. The van der Waals surface area contributed by atoms with Crippen molar-refractivity contribution in [3.8, 4) is 17.0 Å². The van der Waals surface area contributed by atoms with Gasteiger partial charge >= 0.3 is 0 Å². The summed E-state index contributed by atoms with van der Waals surface area (Å²) in [6.45, 7) is 0. The van der Waals surface area contributed by atoms with E-state index in [4.69, 9.17) is 17.3 Å². The predicted octanol–water partition coefficient (Wildman–Crippen LogP) is 3.83. The third-order valence-corrected chi connectivity index (χ3v) is 3.43. The summed E-state index contributed by atoms with van der Waals surface area (Å²) in [7, 11) is 0. The minimum atomic E-state index is 0.114. The number of nitrogens with one attached hydrogen (secondary N) is 1. The average Bonchev–Trinajstić information content (AvgIpc) is 2.51. The summed E-state index contributed by atoms with van der Waals surface area (Å²) >= 11 is 6.13. The molecule has 2 aromatic carbocycles. The van der Waals surface area contributed by atoms with E-state index in [1.165, 1.54) is 0 Å². The van der Waals surface area contributed by atoms with Crippen LogP contribution in [0.4, 0.5) is 17.3 Å². The maximum absolute atomic E-state index is 10.0. The second kappa shape index (κ2) is 5.91.